The molecule has 0 aromatic heterocycles. The van der Waals surface area contributed by atoms with Crippen LogP contribution in [0.4, 0.5) is 5.69 Å². The number of ketones is 1. The van der Waals surface area contributed by atoms with Crippen molar-refractivity contribution in [3.8, 4) is 5.75 Å². The molecule has 3 rings (SSSR count). The van der Waals surface area contributed by atoms with Crippen molar-refractivity contribution in [3.05, 3.63) is 59.1 Å². The molecule has 28 heavy (non-hydrogen) atoms. The van der Waals surface area contributed by atoms with Gasteiger partial charge in [0, 0.05) is 18.4 Å². The van der Waals surface area contributed by atoms with Crippen molar-refractivity contribution in [2.24, 2.45) is 5.10 Å². The number of rotatable bonds is 6. The quantitative estimate of drug-likeness (QED) is 0.548. The Labute approximate surface area is 166 Å². The number of nitrogens with zero attached hydrogens (tertiary/aromatic N) is 2. The van der Waals surface area contributed by atoms with Gasteiger partial charge in [0.25, 0.3) is 0 Å². The zero-order chi connectivity index (χ0) is 20.1. The van der Waals surface area contributed by atoms with Crippen molar-refractivity contribution in [2.75, 3.05) is 18.7 Å². The Kier molecular flexibility index (Phi) is 6.06. The summed E-state index contributed by atoms with van der Waals surface area (Å²) in [5.74, 6) is -0.921. The maximum Gasteiger partial charge on any atom is 0.354 e. The lowest BCUT2D eigenvalue weighted by molar-refractivity contribution is -0.134. The molecule has 0 N–H and O–H groups in total. The molecule has 0 bridgehead atoms. The summed E-state index contributed by atoms with van der Waals surface area (Å²) in [6, 6.07) is 13.3. The van der Waals surface area contributed by atoms with E-state index in [1.54, 1.807) is 30.3 Å². The van der Waals surface area contributed by atoms with E-state index < -0.39 is 18.4 Å². The van der Waals surface area contributed by atoms with Crippen LogP contribution in [0.15, 0.2) is 53.6 Å². The first kappa shape index (κ1) is 19.6. The van der Waals surface area contributed by atoms with Crippen LogP contribution in [0.25, 0.3) is 0 Å². The van der Waals surface area contributed by atoms with Gasteiger partial charge in [-0.15, -0.1) is 0 Å². The van der Waals surface area contributed by atoms with Crippen molar-refractivity contribution >= 4 is 40.7 Å². The molecular formula is C20H17ClN2O5. The molecule has 1 heterocycles. The number of carbonyl (C=O) groups excluding carboxylic acids is 3. The summed E-state index contributed by atoms with van der Waals surface area (Å²) >= 11 is 6.00. The van der Waals surface area contributed by atoms with E-state index in [0.29, 0.717) is 17.0 Å². The standard InChI is InChI=1S/C20H17ClN2O5/c1-27-18-9-7-13(11-15(18)21)17(24)12-28-20(26)16-8-10-19(25)23(22-16)14-5-3-2-4-6-14/h2-7,9,11H,8,10,12H2,1H3. The van der Waals surface area contributed by atoms with Gasteiger partial charge in [0.1, 0.15) is 11.5 Å². The van der Waals surface area contributed by atoms with Crippen LogP contribution in [0.3, 0.4) is 0 Å². The number of anilines is 1. The largest absolute Gasteiger partial charge is 0.495 e. The summed E-state index contributed by atoms with van der Waals surface area (Å²) in [5, 5.41) is 5.55. The molecule has 0 radical (unpaired) electrons. The predicted molar refractivity (Wildman–Crippen MR) is 104 cm³/mol. The van der Waals surface area contributed by atoms with Crippen LogP contribution >= 0.6 is 11.6 Å². The third kappa shape index (κ3) is 4.37. The third-order valence-electron chi connectivity index (χ3n) is 4.08. The third-order valence-corrected chi connectivity index (χ3v) is 4.37. The minimum atomic E-state index is -0.735. The van der Waals surface area contributed by atoms with Gasteiger partial charge in [-0.2, -0.15) is 5.10 Å². The summed E-state index contributed by atoms with van der Waals surface area (Å²) < 4.78 is 10.1. The molecule has 0 aliphatic carbocycles. The van der Waals surface area contributed by atoms with Crippen molar-refractivity contribution in [1.82, 2.24) is 0 Å². The second-order valence-corrected chi connectivity index (χ2v) is 6.34. The number of halogens is 1. The van der Waals surface area contributed by atoms with E-state index in [4.69, 9.17) is 21.1 Å². The first-order valence-corrected chi connectivity index (χ1v) is 8.86. The molecule has 144 valence electrons. The Balaban J connectivity index is 1.66. The highest BCUT2D eigenvalue weighted by Crippen LogP contribution is 2.25. The van der Waals surface area contributed by atoms with Gasteiger partial charge in [-0.1, -0.05) is 29.8 Å². The van der Waals surface area contributed by atoms with E-state index in [9.17, 15) is 14.4 Å². The van der Waals surface area contributed by atoms with Gasteiger partial charge < -0.3 is 9.47 Å². The summed E-state index contributed by atoms with van der Waals surface area (Å²) in [6.45, 7) is -0.459. The van der Waals surface area contributed by atoms with Crippen LogP contribution in [-0.4, -0.2) is 37.1 Å². The van der Waals surface area contributed by atoms with E-state index in [1.807, 2.05) is 6.07 Å². The van der Waals surface area contributed by atoms with Gasteiger partial charge in [-0.25, -0.2) is 9.80 Å². The van der Waals surface area contributed by atoms with Gasteiger partial charge in [-0.05, 0) is 30.3 Å². The molecule has 2 aromatic rings. The van der Waals surface area contributed by atoms with Crippen LogP contribution in [0, 0.1) is 0 Å². The Hall–Kier alpha value is -3.19. The van der Waals surface area contributed by atoms with Crippen molar-refractivity contribution in [2.45, 2.75) is 12.8 Å². The number of amides is 1. The lowest BCUT2D eigenvalue weighted by atomic mass is 10.1. The Morgan fingerprint density at radius 2 is 1.89 bits per heavy atom. The van der Waals surface area contributed by atoms with Gasteiger partial charge in [0.05, 0.1) is 17.8 Å². The number of Topliss-reactive ketones (excluding diaryl/α,β-unsaturated/α-hetero) is 1. The fourth-order valence-corrected chi connectivity index (χ4v) is 2.87. The minimum Gasteiger partial charge on any atom is -0.495 e. The van der Waals surface area contributed by atoms with Gasteiger partial charge in [-0.3, -0.25) is 9.59 Å². The second kappa shape index (κ2) is 8.67. The zero-order valence-electron chi connectivity index (χ0n) is 15.1. The first-order chi connectivity index (χ1) is 13.5. The number of para-hydroxylation sites is 1. The smallest absolute Gasteiger partial charge is 0.354 e. The highest BCUT2D eigenvalue weighted by molar-refractivity contribution is 6.38. The zero-order valence-corrected chi connectivity index (χ0v) is 15.8. The number of carbonyl (C=O) groups is 3. The molecule has 0 saturated heterocycles. The van der Waals surface area contributed by atoms with Crippen LogP contribution in [-0.2, 0) is 14.3 Å². The van der Waals surface area contributed by atoms with Crippen LogP contribution in [0.1, 0.15) is 23.2 Å². The average Bonchev–Trinajstić information content (AvgIpc) is 2.72. The predicted octanol–water partition coefficient (Wildman–Crippen LogP) is 3.26. The number of ether oxygens (including phenoxy) is 2. The van der Waals surface area contributed by atoms with Crippen molar-refractivity contribution in [3.63, 3.8) is 0 Å². The van der Waals surface area contributed by atoms with Crippen LogP contribution < -0.4 is 9.75 Å². The highest BCUT2D eigenvalue weighted by Gasteiger charge is 2.27. The molecule has 0 saturated carbocycles. The normalized spacial score (nSPS) is 13.7. The molecule has 0 atom stereocenters. The molecule has 7 nitrogen and oxygen atoms in total. The maximum absolute atomic E-state index is 12.3. The van der Waals surface area contributed by atoms with Gasteiger partial charge >= 0.3 is 5.97 Å². The maximum atomic E-state index is 12.3. The van der Waals surface area contributed by atoms with Gasteiger partial charge in [0.2, 0.25) is 5.91 Å². The lowest BCUT2D eigenvalue weighted by Gasteiger charge is -2.22. The topological polar surface area (TPSA) is 85.3 Å². The summed E-state index contributed by atoms with van der Waals surface area (Å²) in [7, 11) is 1.47. The molecule has 8 heteroatoms. The highest BCUT2D eigenvalue weighted by atomic mass is 35.5. The Morgan fingerprint density at radius 3 is 2.57 bits per heavy atom. The molecule has 2 aromatic carbocycles. The number of hydrogen-bond acceptors (Lipinski definition) is 6. The van der Waals surface area contributed by atoms with Crippen molar-refractivity contribution in [1.29, 1.82) is 0 Å². The SMILES string of the molecule is COc1ccc(C(=O)COC(=O)C2=NN(c3ccccc3)C(=O)CC2)cc1Cl. The summed E-state index contributed by atoms with van der Waals surface area (Å²) in [5.41, 5.74) is 0.941. The molecule has 1 aliphatic heterocycles. The number of hydrazone groups is 1. The molecule has 0 spiro atoms. The van der Waals surface area contributed by atoms with Crippen molar-refractivity contribution < 1.29 is 23.9 Å². The molecule has 0 unspecified atom stereocenters. The Bertz CT molecular complexity index is 943. The number of hydrogen-bond donors (Lipinski definition) is 0. The fourth-order valence-electron chi connectivity index (χ4n) is 2.61. The van der Waals surface area contributed by atoms with Gasteiger partial charge in [0.15, 0.2) is 12.4 Å². The van der Waals surface area contributed by atoms with E-state index >= 15 is 0 Å². The molecule has 1 amide bonds. The van der Waals surface area contributed by atoms with E-state index in [2.05, 4.69) is 5.10 Å². The Morgan fingerprint density at radius 1 is 1.14 bits per heavy atom. The lowest BCUT2D eigenvalue weighted by Crippen LogP contribution is -2.35. The molecule has 1 aliphatic rings. The summed E-state index contributed by atoms with van der Waals surface area (Å²) in [6.07, 6.45) is 0.286. The number of benzene rings is 2. The number of methoxy groups -OCH3 is 1. The van der Waals surface area contributed by atoms with E-state index in [1.165, 1.54) is 24.3 Å². The second-order valence-electron chi connectivity index (χ2n) is 5.94. The monoisotopic (exact) mass is 400 g/mol. The average molecular weight is 401 g/mol. The van der Waals surface area contributed by atoms with Crippen LogP contribution in [0.5, 0.6) is 5.75 Å². The number of esters is 1. The first-order valence-electron chi connectivity index (χ1n) is 8.49. The fraction of sp³-hybridized carbons (Fsp3) is 0.200. The van der Waals surface area contributed by atoms with E-state index in [0.717, 1.165) is 0 Å². The van der Waals surface area contributed by atoms with E-state index in [-0.39, 0.29) is 29.5 Å². The molecule has 0 fully saturated rings. The summed E-state index contributed by atoms with van der Waals surface area (Å²) in [4.78, 5) is 36.6. The minimum absolute atomic E-state index is 0.0871. The molecular weight excluding hydrogens is 384 g/mol. The van der Waals surface area contributed by atoms with Crippen LogP contribution in [0.2, 0.25) is 5.02 Å².